The summed E-state index contributed by atoms with van der Waals surface area (Å²) in [5.41, 5.74) is 10.9. The minimum Gasteiger partial charge on any atom is -0.399 e. The molecule has 1 saturated heterocycles. The van der Waals surface area contributed by atoms with Crippen LogP contribution in [-0.4, -0.2) is 34.6 Å². The number of morpholine rings is 1. The maximum absolute atomic E-state index is 5.97. The van der Waals surface area contributed by atoms with Gasteiger partial charge in [0.2, 0.25) is 0 Å². The van der Waals surface area contributed by atoms with Crippen molar-refractivity contribution in [1.29, 1.82) is 0 Å². The molecular weight excluding hydrogens is 312 g/mol. The van der Waals surface area contributed by atoms with Gasteiger partial charge in [0.1, 0.15) is 6.10 Å². The third-order valence-electron chi connectivity index (χ3n) is 4.61. The highest BCUT2D eigenvalue weighted by atomic mass is 16.5. The number of hydrogen-bond acceptors (Lipinski definition) is 5. The van der Waals surface area contributed by atoms with Crippen LogP contribution in [0.15, 0.2) is 48.7 Å². The van der Waals surface area contributed by atoms with Crippen LogP contribution >= 0.6 is 0 Å². The third kappa shape index (κ3) is 3.48. The molecule has 2 N–H and O–H groups in total. The first-order chi connectivity index (χ1) is 12.2. The number of nitrogen functional groups attached to an aromatic ring is 1. The van der Waals surface area contributed by atoms with E-state index in [0.29, 0.717) is 6.61 Å². The van der Waals surface area contributed by atoms with E-state index in [-0.39, 0.29) is 6.10 Å². The molecule has 4 rings (SSSR count). The largest absolute Gasteiger partial charge is 0.399 e. The zero-order valence-corrected chi connectivity index (χ0v) is 14.4. The van der Waals surface area contributed by atoms with Gasteiger partial charge in [0.15, 0.2) is 0 Å². The minimum atomic E-state index is -0.0379. The SMILES string of the molecule is Cc1cc(N)cc([C@H]2CN(Cc3ccnc4ccccc34)CCO2)n1. The fourth-order valence-corrected chi connectivity index (χ4v) is 3.45. The standard InChI is InChI=1S/C20H22N4O/c1-14-10-16(21)11-19(23-14)20-13-24(8-9-25-20)12-15-6-7-22-18-5-3-2-4-17(15)18/h2-7,10-11,20H,8-9,12-13H2,1H3,(H2,21,23)/t20-/m1/s1. The molecule has 0 bridgehead atoms. The van der Waals surface area contributed by atoms with Crippen molar-refractivity contribution >= 4 is 16.6 Å². The Bertz CT molecular complexity index is 870. The van der Waals surface area contributed by atoms with Gasteiger partial charge in [0.25, 0.3) is 0 Å². The Hall–Kier alpha value is -2.50. The smallest absolute Gasteiger partial charge is 0.112 e. The Morgan fingerprint density at radius 2 is 2.12 bits per heavy atom. The first-order valence-corrected chi connectivity index (χ1v) is 8.60. The van der Waals surface area contributed by atoms with E-state index in [2.05, 4.69) is 39.1 Å². The number of fused-ring (bicyclic) bond motifs is 1. The number of pyridine rings is 2. The first-order valence-electron chi connectivity index (χ1n) is 8.60. The van der Waals surface area contributed by atoms with Crippen LogP contribution in [0.3, 0.4) is 0 Å². The summed E-state index contributed by atoms with van der Waals surface area (Å²) in [5.74, 6) is 0. The monoisotopic (exact) mass is 334 g/mol. The Balaban J connectivity index is 1.55. The molecule has 1 aliphatic heterocycles. The molecule has 3 aromatic rings. The second-order valence-corrected chi connectivity index (χ2v) is 6.55. The highest BCUT2D eigenvalue weighted by Gasteiger charge is 2.24. The van der Waals surface area contributed by atoms with Crippen molar-refractivity contribution in [3.05, 3.63) is 65.6 Å². The zero-order valence-electron chi connectivity index (χ0n) is 14.4. The number of rotatable bonds is 3. The van der Waals surface area contributed by atoms with Crippen LogP contribution in [0.2, 0.25) is 0 Å². The summed E-state index contributed by atoms with van der Waals surface area (Å²) in [6.45, 7) is 5.26. The summed E-state index contributed by atoms with van der Waals surface area (Å²) in [6.07, 6.45) is 1.85. The fourth-order valence-electron chi connectivity index (χ4n) is 3.45. The number of aryl methyl sites for hydroxylation is 1. The van der Waals surface area contributed by atoms with E-state index in [9.17, 15) is 0 Å². The first kappa shape index (κ1) is 16.0. The average Bonchev–Trinajstić information content (AvgIpc) is 2.61. The quantitative estimate of drug-likeness (QED) is 0.797. The second-order valence-electron chi connectivity index (χ2n) is 6.55. The van der Waals surface area contributed by atoms with E-state index in [1.807, 2.05) is 31.3 Å². The van der Waals surface area contributed by atoms with Crippen molar-refractivity contribution in [2.45, 2.75) is 19.6 Å². The molecule has 1 atom stereocenters. The lowest BCUT2D eigenvalue weighted by Gasteiger charge is -2.33. The van der Waals surface area contributed by atoms with Gasteiger partial charge >= 0.3 is 0 Å². The van der Waals surface area contributed by atoms with Gasteiger partial charge in [-0.1, -0.05) is 18.2 Å². The zero-order chi connectivity index (χ0) is 17.2. The molecule has 3 heterocycles. The summed E-state index contributed by atoms with van der Waals surface area (Å²) < 4.78 is 5.96. The molecule has 0 amide bonds. The molecule has 1 aromatic carbocycles. The number of nitrogens with two attached hydrogens (primary N) is 1. The number of hydrogen-bond donors (Lipinski definition) is 1. The molecule has 0 aliphatic carbocycles. The van der Waals surface area contributed by atoms with Crippen molar-refractivity contribution in [2.24, 2.45) is 0 Å². The van der Waals surface area contributed by atoms with E-state index in [0.717, 1.165) is 42.2 Å². The van der Waals surface area contributed by atoms with E-state index < -0.39 is 0 Å². The molecule has 1 fully saturated rings. The van der Waals surface area contributed by atoms with Gasteiger partial charge in [-0.3, -0.25) is 14.9 Å². The number of nitrogens with zero attached hydrogens (tertiary/aromatic N) is 3. The van der Waals surface area contributed by atoms with Gasteiger partial charge in [0, 0.05) is 42.6 Å². The topological polar surface area (TPSA) is 64.3 Å². The fraction of sp³-hybridized carbons (Fsp3) is 0.300. The molecule has 0 unspecified atom stereocenters. The molecular formula is C20H22N4O. The number of benzene rings is 1. The molecule has 0 radical (unpaired) electrons. The van der Waals surface area contributed by atoms with Crippen LogP contribution < -0.4 is 5.73 Å². The lowest BCUT2D eigenvalue weighted by Crippen LogP contribution is -2.38. The van der Waals surface area contributed by atoms with Crippen molar-refractivity contribution < 1.29 is 4.74 Å². The highest BCUT2D eigenvalue weighted by Crippen LogP contribution is 2.25. The third-order valence-corrected chi connectivity index (χ3v) is 4.61. The van der Waals surface area contributed by atoms with Crippen LogP contribution in [0.25, 0.3) is 10.9 Å². The van der Waals surface area contributed by atoms with Crippen LogP contribution in [0, 0.1) is 6.92 Å². The Labute approximate surface area is 147 Å². The van der Waals surface area contributed by atoms with E-state index in [4.69, 9.17) is 10.5 Å². The molecule has 1 aliphatic rings. The van der Waals surface area contributed by atoms with E-state index >= 15 is 0 Å². The molecule has 25 heavy (non-hydrogen) atoms. The summed E-state index contributed by atoms with van der Waals surface area (Å²) in [5, 5.41) is 1.21. The number of ether oxygens (including phenoxy) is 1. The number of para-hydroxylation sites is 1. The Morgan fingerprint density at radius 3 is 3.00 bits per heavy atom. The van der Waals surface area contributed by atoms with Crippen molar-refractivity contribution in [1.82, 2.24) is 14.9 Å². The maximum Gasteiger partial charge on any atom is 0.112 e. The van der Waals surface area contributed by atoms with Crippen LogP contribution in [0.5, 0.6) is 0 Å². The molecule has 5 heteroatoms. The summed E-state index contributed by atoms with van der Waals surface area (Å²) in [7, 11) is 0. The van der Waals surface area contributed by atoms with Crippen molar-refractivity contribution in [3.8, 4) is 0 Å². The van der Waals surface area contributed by atoms with Crippen LogP contribution in [-0.2, 0) is 11.3 Å². The van der Waals surface area contributed by atoms with Gasteiger partial charge in [0.05, 0.1) is 17.8 Å². The van der Waals surface area contributed by atoms with E-state index in [1.54, 1.807) is 0 Å². The van der Waals surface area contributed by atoms with Crippen LogP contribution in [0.4, 0.5) is 5.69 Å². The van der Waals surface area contributed by atoms with Gasteiger partial charge < -0.3 is 10.5 Å². The summed E-state index contributed by atoms with van der Waals surface area (Å²) in [6, 6.07) is 14.2. The lowest BCUT2D eigenvalue weighted by molar-refractivity contribution is -0.0349. The predicted molar refractivity (Wildman–Crippen MR) is 99.1 cm³/mol. The predicted octanol–water partition coefficient (Wildman–Crippen LogP) is 3.09. The van der Waals surface area contributed by atoms with Gasteiger partial charge in [-0.25, -0.2) is 0 Å². The van der Waals surface area contributed by atoms with Crippen molar-refractivity contribution in [2.75, 3.05) is 25.4 Å². The second kappa shape index (κ2) is 6.78. The highest BCUT2D eigenvalue weighted by molar-refractivity contribution is 5.81. The average molecular weight is 334 g/mol. The Morgan fingerprint density at radius 1 is 1.24 bits per heavy atom. The van der Waals surface area contributed by atoms with Gasteiger partial charge in [-0.15, -0.1) is 0 Å². The molecule has 5 nitrogen and oxygen atoms in total. The summed E-state index contributed by atoms with van der Waals surface area (Å²) >= 11 is 0. The maximum atomic E-state index is 5.97. The lowest BCUT2D eigenvalue weighted by atomic mass is 10.1. The van der Waals surface area contributed by atoms with Crippen LogP contribution in [0.1, 0.15) is 23.1 Å². The van der Waals surface area contributed by atoms with E-state index in [1.165, 1.54) is 10.9 Å². The molecule has 0 saturated carbocycles. The Kier molecular flexibility index (Phi) is 4.34. The number of aromatic nitrogens is 2. The van der Waals surface area contributed by atoms with Gasteiger partial charge in [-0.05, 0) is 36.8 Å². The molecule has 0 spiro atoms. The number of anilines is 1. The summed E-state index contributed by atoms with van der Waals surface area (Å²) in [4.78, 5) is 11.5. The minimum absolute atomic E-state index is 0.0379. The van der Waals surface area contributed by atoms with Gasteiger partial charge in [-0.2, -0.15) is 0 Å². The molecule has 128 valence electrons. The molecule has 2 aromatic heterocycles. The van der Waals surface area contributed by atoms with Crippen molar-refractivity contribution in [3.63, 3.8) is 0 Å². The normalized spacial score (nSPS) is 18.5.